The molecule has 2 N–H and O–H groups in total. The average Bonchev–Trinajstić information content (AvgIpc) is 2.83. The Bertz CT molecular complexity index is 244. The molecule has 1 unspecified atom stereocenters. The van der Waals surface area contributed by atoms with E-state index in [0.717, 1.165) is 17.9 Å². The molecule has 1 spiro atoms. The van der Waals surface area contributed by atoms with Gasteiger partial charge in [0.1, 0.15) is 0 Å². The summed E-state index contributed by atoms with van der Waals surface area (Å²) in [7, 11) is 0. The molecule has 1 saturated heterocycles. The topological polar surface area (TPSA) is 29.3 Å². The lowest BCUT2D eigenvalue weighted by Crippen LogP contribution is -2.63. The smallest absolute Gasteiger partial charge is 0.0247 e. The van der Waals surface area contributed by atoms with Crippen LogP contribution in [0.15, 0.2) is 0 Å². The Morgan fingerprint density at radius 1 is 1.00 bits per heavy atom. The predicted octanol–water partition coefficient (Wildman–Crippen LogP) is 2.77. The molecule has 2 aliphatic carbocycles. The van der Waals surface area contributed by atoms with Crippen LogP contribution in [0.5, 0.6) is 0 Å². The molecule has 0 aromatic heterocycles. The van der Waals surface area contributed by atoms with Crippen molar-refractivity contribution in [1.29, 1.82) is 0 Å². The summed E-state index contributed by atoms with van der Waals surface area (Å²) >= 11 is 0. The zero-order valence-corrected chi connectivity index (χ0v) is 11.2. The van der Waals surface area contributed by atoms with Crippen molar-refractivity contribution in [3.05, 3.63) is 0 Å². The molecule has 1 aliphatic heterocycles. The van der Waals surface area contributed by atoms with Crippen molar-refractivity contribution < 1.29 is 0 Å². The van der Waals surface area contributed by atoms with Gasteiger partial charge in [0.25, 0.3) is 0 Å². The molecule has 0 aromatic carbocycles. The minimum Gasteiger partial charge on any atom is -0.329 e. The molecular formula is C15H28N2. The van der Waals surface area contributed by atoms with Crippen LogP contribution in [0.4, 0.5) is 0 Å². The van der Waals surface area contributed by atoms with Gasteiger partial charge < -0.3 is 5.73 Å². The lowest BCUT2D eigenvalue weighted by atomic mass is 9.67. The van der Waals surface area contributed by atoms with Gasteiger partial charge in [0, 0.05) is 25.7 Å². The van der Waals surface area contributed by atoms with Crippen LogP contribution in [-0.4, -0.2) is 30.6 Å². The third-order valence-corrected chi connectivity index (χ3v) is 5.65. The summed E-state index contributed by atoms with van der Waals surface area (Å²) in [5.41, 5.74) is 6.77. The molecule has 1 atom stereocenters. The standard InChI is InChI=1S/C15H28N2/c16-10-14(13-6-2-3-7-13)17-11-15(12-17)8-4-1-5-9-15/h13-14H,1-12,16H2. The normalized spacial score (nSPS) is 31.6. The highest BCUT2D eigenvalue weighted by atomic mass is 15.2. The van der Waals surface area contributed by atoms with Gasteiger partial charge >= 0.3 is 0 Å². The van der Waals surface area contributed by atoms with Crippen molar-refractivity contribution in [3.63, 3.8) is 0 Å². The Hall–Kier alpha value is -0.0800. The molecule has 2 saturated carbocycles. The van der Waals surface area contributed by atoms with Crippen molar-refractivity contribution in [1.82, 2.24) is 4.90 Å². The molecule has 0 amide bonds. The second-order valence-corrected chi connectivity index (χ2v) is 6.81. The monoisotopic (exact) mass is 236 g/mol. The molecule has 1 heterocycles. The number of rotatable bonds is 3. The van der Waals surface area contributed by atoms with Crippen molar-refractivity contribution in [3.8, 4) is 0 Å². The van der Waals surface area contributed by atoms with Crippen LogP contribution in [0.1, 0.15) is 57.8 Å². The van der Waals surface area contributed by atoms with E-state index in [1.807, 2.05) is 0 Å². The van der Waals surface area contributed by atoms with Crippen molar-refractivity contribution in [2.45, 2.75) is 63.8 Å². The van der Waals surface area contributed by atoms with Gasteiger partial charge in [-0.15, -0.1) is 0 Å². The first-order valence-corrected chi connectivity index (χ1v) is 7.77. The van der Waals surface area contributed by atoms with Gasteiger partial charge in [0.05, 0.1) is 0 Å². The van der Waals surface area contributed by atoms with Crippen LogP contribution < -0.4 is 5.73 Å². The number of likely N-dealkylation sites (tertiary alicyclic amines) is 1. The van der Waals surface area contributed by atoms with E-state index >= 15 is 0 Å². The third kappa shape index (κ3) is 2.26. The van der Waals surface area contributed by atoms with Gasteiger partial charge in [0.15, 0.2) is 0 Å². The van der Waals surface area contributed by atoms with E-state index in [9.17, 15) is 0 Å². The molecule has 0 aromatic rings. The van der Waals surface area contributed by atoms with E-state index in [1.165, 1.54) is 70.9 Å². The lowest BCUT2D eigenvalue weighted by Gasteiger charge is -2.56. The largest absolute Gasteiger partial charge is 0.329 e. The molecule has 3 aliphatic rings. The van der Waals surface area contributed by atoms with E-state index in [0.29, 0.717) is 6.04 Å². The fraction of sp³-hybridized carbons (Fsp3) is 1.00. The molecule has 2 heteroatoms. The van der Waals surface area contributed by atoms with Gasteiger partial charge in [0.2, 0.25) is 0 Å². The maximum Gasteiger partial charge on any atom is 0.0247 e. The maximum atomic E-state index is 6.04. The summed E-state index contributed by atoms with van der Waals surface area (Å²) < 4.78 is 0. The highest BCUT2D eigenvalue weighted by molar-refractivity contribution is 5.00. The van der Waals surface area contributed by atoms with E-state index in [-0.39, 0.29) is 0 Å². The highest BCUT2D eigenvalue weighted by Gasteiger charge is 2.46. The second-order valence-electron chi connectivity index (χ2n) is 6.81. The Morgan fingerprint density at radius 2 is 1.65 bits per heavy atom. The number of hydrogen-bond donors (Lipinski definition) is 1. The average molecular weight is 236 g/mol. The summed E-state index contributed by atoms with van der Waals surface area (Å²) in [5, 5.41) is 0. The minimum atomic E-state index is 0.713. The Labute approximate surface area is 106 Å². The first-order valence-electron chi connectivity index (χ1n) is 7.77. The maximum absolute atomic E-state index is 6.04. The number of nitrogens with two attached hydrogens (primary N) is 1. The van der Waals surface area contributed by atoms with E-state index in [1.54, 1.807) is 0 Å². The fourth-order valence-corrected chi connectivity index (χ4v) is 4.65. The van der Waals surface area contributed by atoms with Crippen LogP contribution in [0.2, 0.25) is 0 Å². The molecule has 0 radical (unpaired) electrons. The second kappa shape index (κ2) is 4.89. The molecular weight excluding hydrogens is 208 g/mol. The molecule has 2 nitrogen and oxygen atoms in total. The molecule has 0 bridgehead atoms. The van der Waals surface area contributed by atoms with Gasteiger partial charge in [-0.25, -0.2) is 0 Å². The van der Waals surface area contributed by atoms with Crippen molar-refractivity contribution in [2.24, 2.45) is 17.1 Å². The molecule has 98 valence electrons. The summed E-state index contributed by atoms with van der Waals surface area (Å²) in [4.78, 5) is 2.72. The Balaban J connectivity index is 1.55. The third-order valence-electron chi connectivity index (χ3n) is 5.65. The summed E-state index contributed by atoms with van der Waals surface area (Å²) in [6.07, 6.45) is 13.2. The van der Waals surface area contributed by atoms with Crippen molar-refractivity contribution in [2.75, 3.05) is 19.6 Å². The fourth-order valence-electron chi connectivity index (χ4n) is 4.65. The van der Waals surface area contributed by atoms with Gasteiger partial charge in [-0.3, -0.25) is 4.90 Å². The van der Waals surface area contributed by atoms with Crippen molar-refractivity contribution >= 4 is 0 Å². The minimum absolute atomic E-state index is 0.713. The SMILES string of the molecule is NCC(C1CCCC1)N1CC2(CCCCC2)C1. The summed E-state index contributed by atoms with van der Waals surface area (Å²) in [6, 6.07) is 0.713. The van der Waals surface area contributed by atoms with Gasteiger partial charge in [-0.05, 0) is 37.0 Å². The van der Waals surface area contributed by atoms with E-state index < -0.39 is 0 Å². The van der Waals surface area contributed by atoms with Crippen LogP contribution in [0.25, 0.3) is 0 Å². The van der Waals surface area contributed by atoms with Gasteiger partial charge in [-0.2, -0.15) is 0 Å². The molecule has 3 rings (SSSR count). The quantitative estimate of drug-likeness (QED) is 0.816. The zero-order chi connectivity index (χ0) is 11.7. The van der Waals surface area contributed by atoms with Crippen LogP contribution in [0, 0.1) is 11.3 Å². The Morgan fingerprint density at radius 3 is 2.24 bits per heavy atom. The molecule has 3 fully saturated rings. The first-order chi connectivity index (χ1) is 8.33. The Kier molecular flexibility index (Phi) is 3.45. The molecule has 17 heavy (non-hydrogen) atoms. The summed E-state index contributed by atoms with van der Waals surface area (Å²) in [5.74, 6) is 0.918. The number of nitrogens with zero attached hydrogens (tertiary/aromatic N) is 1. The number of hydrogen-bond acceptors (Lipinski definition) is 2. The highest BCUT2D eigenvalue weighted by Crippen LogP contribution is 2.46. The van der Waals surface area contributed by atoms with E-state index in [4.69, 9.17) is 5.73 Å². The van der Waals surface area contributed by atoms with Gasteiger partial charge in [-0.1, -0.05) is 32.1 Å². The van der Waals surface area contributed by atoms with Crippen LogP contribution >= 0.6 is 0 Å². The van der Waals surface area contributed by atoms with Crippen LogP contribution in [-0.2, 0) is 0 Å². The summed E-state index contributed by atoms with van der Waals surface area (Å²) in [6.45, 7) is 3.62. The zero-order valence-electron chi connectivity index (χ0n) is 11.2. The predicted molar refractivity (Wildman–Crippen MR) is 71.9 cm³/mol. The van der Waals surface area contributed by atoms with E-state index in [2.05, 4.69) is 4.90 Å². The lowest BCUT2D eigenvalue weighted by molar-refractivity contribution is -0.0658. The first kappa shape index (κ1) is 12.0. The van der Waals surface area contributed by atoms with Crippen LogP contribution in [0.3, 0.4) is 0 Å².